The smallest absolute Gasteiger partial charge is 0.271 e. The molecule has 0 radical (unpaired) electrons. The Kier molecular flexibility index (Phi) is 5.02. The highest BCUT2D eigenvalue weighted by atomic mass is 16.6. The van der Waals surface area contributed by atoms with Crippen LogP contribution in [0, 0.1) is 21.4 Å². The number of nitrogens with one attached hydrogen (secondary N) is 2. The fraction of sp³-hybridized carbons (Fsp3) is 0.286. The Labute approximate surface area is 122 Å². The van der Waals surface area contributed by atoms with Crippen LogP contribution < -0.4 is 10.6 Å². The minimum absolute atomic E-state index is 0.0777. The zero-order chi connectivity index (χ0) is 16.0. The second kappa shape index (κ2) is 6.52. The number of hydrogen-bond acceptors (Lipinski definition) is 5. The number of amides is 1. The SMILES string of the molecule is CC(C)(C)NC(=O)/C(C#N)=C\Nc1cccc([N+](=O)[O-])c1. The highest BCUT2D eigenvalue weighted by Gasteiger charge is 2.17. The molecule has 110 valence electrons. The zero-order valence-corrected chi connectivity index (χ0v) is 12.0. The number of nitrogens with zero attached hydrogens (tertiary/aromatic N) is 2. The van der Waals surface area contributed by atoms with Crippen molar-refractivity contribution in [1.82, 2.24) is 5.32 Å². The fourth-order valence-corrected chi connectivity index (χ4v) is 1.42. The minimum atomic E-state index is -0.521. The van der Waals surface area contributed by atoms with E-state index in [-0.39, 0.29) is 11.3 Å². The third kappa shape index (κ3) is 5.32. The molecule has 1 rings (SSSR count). The van der Waals surface area contributed by atoms with Gasteiger partial charge in [-0.05, 0) is 26.8 Å². The first kappa shape index (κ1) is 16.2. The van der Waals surface area contributed by atoms with Crippen molar-refractivity contribution < 1.29 is 9.72 Å². The van der Waals surface area contributed by atoms with Crippen LogP contribution in [0.4, 0.5) is 11.4 Å². The van der Waals surface area contributed by atoms with Gasteiger partial charge in [-0.15, -0.1) is 0 Å². The van der Waals surface area contributed by atoms with Gasteiger partial charge in [-0.3, -0.25) is 14.9 Å². The summed E-state index contributed by atoms with van der Waals surface area (Å²) in [5, 5.41) is 25.0. The molecule has 0 aliphatic heterocycles. The number of nitro groups is 1. The van der Waals surface area contributed by atoms with Gasteiger partial charge in [0.1, 0.15) is 11.6 Å². The van der Waals surface area contributed by atoms with Crippen molar-refractivity contribution in [3.63, 3.8) is 0 Å². The summed E-state index contributed by atoms with van der Waals surface area (Å²) in [6.45, 7) is 5.40. The Morgan fingerprint density at radius 1 is 1.43 bits per heavy atom. The number of hydrogen-bond donors (Lipinski definition) is 2. The highest BCUT2D eigenvalue weighted by molar-refractivity contribution is 5.97. The maximum atomic E-state index is 11.8. The molecule has 0 atom stereocenters. The Balaban J connectivity index is 2.87. The average Bonchev–Trinajstić information content (AvgIpc) is 2.37. The van der Waals surface area contributed by atoms with Gasteiger partial charge >= 0.3 is 0 Å². The molecular formula is C14H16N4O3. The standard InChI is InChI=1S/C14H16N4O3/c1-14(2,3)17-13(19)10(8-15)9-16-11-5-4-6-12(7-11)18(20)21/h4-7,9,16H,1-3H3,(H,17,19)/b10-9-. The molecule has 1 amide bonds. The van der Waals surface area contributed by atoms with E-state index in [0.717, 1.165) is 0 Å². The van der Waals surface area contributed by atoms with Crippen LogP contribution in [0.25, 0.3) is 0 Å². The van der Waals surface area contributed by atoms with Gasteiger partial charge in [0.05, 0.1) is 4.92 Å². The topological polar surface area (TPSA) is 108 Å². The van der Waals surface area contributed by atoms with E-state index < -0.39 is 16.4 Å². The summed E-state index contributed by atoms with van der Waals surface area (Å²) in [7, 11) is 0. The summed E-state index contributed by atoms with van der Waals surface area (Å²) in [5.41, 5.74) is -0.235. The lowest BCUT2D eigenvalue weighted by Gasteiger charge is -2.20. The Hall–Kier alpha value is -2.88. The van der Waals surface area contributed by atoms with Crippen LogP contribution in [0.15, 0.2) is 36.0 Å². The second-order valence-electron chi connectivity index (χ2n) is 5.33. The minimum Gasteiger partial charge on any atom is -0.360 e. The molecule has 0 fully saturated rings. The molecule has 0 bridgehead atoms. The molecule has 0 aromatic heterocycles. The number of anilines is 1. The quantitative estimate of drug-likeness (QED) is 0.382. The molecule has 0 unspecified atom stereocenters. The molecule has 21 heavy (non-hydrogen) atoms. The largest absolute Gasteiger partial charge is 0.360 e. The molecule has 2 N–H and O–H groups in total. The van der Waals surface area contributed by atoms with E-state index >= 15 is 0 Å². The van der Waals surface area contributed by atoms with E-state index in [1.807, 2.05) is 0 Å². The van der Waals surface area contributed by atoms with Crippen molar-refractivity contribution in [2.45, 2.75) is 26.3 Å². The number of carbonyl (C=O) groups excluding carboxylic acids is 1. The maximum Gasteiger partial charge on any atom is 0.271 e. The Morgan fingerprint density at radius 2 is 2.10 bits per heavy atom. The van der Waals surface area contributed by atoms with Gasteiger partial charge in [0.2, 0.25) is 0 Å². The van der Waals surface area contributed by atoms with E-state index in [2.05, 4.69) is 10.6 Å². The molecule has 7 heteroatoms. The number of non-ortho nitro benzene ring substituents is 1. The summed E-state index contributed by atoms with van der Waals surface area (Å²) in [6.07, 6.45) is 1.22. The lowest BCUT2D eigenvalue weighted by atomic mass is 10.1. The van der Waals surface area contributed by atoms with E-state index in [4.69, 9.17) is 5.26 Å². The lowest BCUT2D eigenvalue weighted by molar-refractivity contribution is -0.384. The first-order chi connectivity index (χ1) is 9.73. The summed E-state index contributed by atoms with van der Waals surface area (Å²) < 4.78 is 0. The van der Waals surface area contributed by atoms with E-state index in [9.17, 15) is 14.9 Å². The van der Waals surface area contributed by atoms with Crippen molar-refractivity contribution >= 4 is 17.3 Å². The highest BCUT2D eigenvalue weighted by Crippen LogP contribution is 2.17. The summed E-state index contributed by atoms with van der Waals surface area (Å²) in [4.78, 5) is 22.0. The van der Waals surface area contributed by atoms with Gasteiger partial charge in [-0.2, -0.15) is 5.26 Å². The molecule has 0 saturated carbocycles. The van der Waals surface area contributed by atoms with Gasteiger partial charge < -0.3 is 10.6 Å². The number of rotatable bonds is 4. The fourth-order valence-electron chi connectivity index (χ4n) is 1.42. The average molecular weight is 288 g/mol. The lowest BCUT2D eigenvalue weighted by Crippen LogP contribution is -2.41. The van der Waals surface area contributed by atoms with Gasteiger partial charge in [-0.1, -0.05) is 6.07 Å². The van der Waals surface area contributed by atoms with Crippen LogP contribution in [0.1, 0.15) is 20.8 Å². The van der Waals surface area contributed by atoms with Crippen molar-refractivity contribution in [2.75, 3.05) is 5.32 Å². The summed E-state index contributed by atoms with van der Waals surface area (Å²) >= 11 is 0. The van der Waals surface area contributed by atoms with Crippen LogP contribution in [-0.2, 0) is 4.79 Å². The molecule has 0 heterocycles. The van der Waals surface area contributed by atoms with Gasteiger partial charge in [0, 0.05) is 29.6 Å². The maximum absolute atomic E-state index is 11.8. The number of carbonyl (C=O) groups is 1. The molecule has 1 aromatic rings. The Bertz CT molecular complexity index is 624. The number of nitriles is 1. The monoisotopic (exact) mass is 288 g/mol. The normalized spacial score (nSPS) is 11.4. The second-order valence-corrected chi connectivity index (χ2v) is 5.33. The molecule has 7 nitrogen and oxygen atoms in total. The van der Waals surface area contributed by atoms with Crippen LogP contribution >= 0.6 is 0 Å². The zero-order valence-electron chi connectivity index (χ0n) is 12.0. The molecule has 0 aliphatic carbocycles. The molecule has 0 spiro atoms. The third-order valence-corrected chi connectivity index (χ3v) is 2.29. The first-order valence-corrected chi connectivity index (χ1v) is 6.17. The van der Waals surface area contributed by atoms with Crippen molar-refractivity contribution in [3.05, 3.63) is 46.2 Å². The van der Waals surface area contributed by atoms with Gasteiger partial charge in [0.25, 0.3) is 11.6 Å². The van der Waals surface area contributed by atoms with Crippen LogP contribution in [0.3, 0.4) is 0 Å². The van der Waals surface area contributed by atoms with Gasteiger partial charge in [0.15, 0.2) is 0 Å². The van der Waals surface area contributed by atoms with E-state index in [1.165, 1.54) is 24.4 Å². The molecule has 0 saturated heterocycles. The van der Waals surface area contributed by atoms with Crippen LogP contribution in [0.5, 0.6) is 0 Å². The van der Waals surface area contributed by atoms with Crippen LogP contribution in [0.2, 0.25) is 0 Å². The van der Waals surface area contributed by atoms with Crippen molar-refractivity contribution in [1.29, 1.82) is 5.26 Å². The van der Waals surface area contributed by atoms with E-state index in [1.54, 1.807) is 32.9 Å². The summed E-state index contributed by atoms with van der Waals surface area (Å²) in [6, 6.07) is 7.56. The first-order valence-electron chi connectivity index (χ1n) is 6.17. The summed E-state index contributed by atoms with van der Waals surface area (Å²) in [5.74, 6) is -0.511. The van der Waals surface area contributed by atoms with Crippen LogP contribution in [-0.4, -0.2) is 16.4 Å². The van der Waals surface area contributed by atoms with E-state index in [0.29, 0.717) is 5.69 Å². The van der Waals surface area contributed by atoms with Crippen molar-refractivity contribution in [3.8, 4) is 6.07 Å². The van der Waals surface area contributed by atoms with Crippen molar-refractivity contribution in [2.24, 2.45) is 0 Å². The predicted molar refractivity (Wildman–Crippen MR) is 78.3 cm³/mol. The Morgan fingerprint density at radius 3 is 2.62 bits per heavy atom. The molecular weight excluding hydrogens is 272 g/mol. The number of nitro benzene ring substituents is 1. The number of benzene rings is 1. The molecule has 0 aliphatic rings. The third-order valence-electron chi connectivity index (χ3n) is 2.29. The predicted octanol–water partition coefficient (Wildman–Crippen LogP) is 2.33. The molecule has 1 aromatic carbocycles. The van der Waals surface area contributed by atoms with Gasteiger partial charge in [-0.25, -0.2) is 0 Å².